The highest BCUT2D eigenvalue weighted by molar-refractivity contribution is 4.90. The largest absolute Gasteiger partial charge is 0.359 e. The third kappa shape index (κ3) is 18.9. The molecule has 0 aromatic carbocycles. The SMILES string of the molecule is CCCCCCCCCCCCCCCCCCCN1C=CN(CCCCCCCC)C1. The van der Waals surface area contributed by atoms with Gasteiger partial charge in [0, 0.05) is 25.5 Å². The molecule has 0 saturated carbocycles. The first-order valence-corrected chi connectivity index (χ1v) is 15.0. The van der Waals surface area contributed by atoms with Crippen LogP contribution in [0.2, 0.25) is 0 Å². The van der Waals surface area contributed by atoms with E-state index in [4.69, 9.17) is 0 Å². The van der Waals surface area contributed by atoms with E-state index in [-0.39, 0.29) is 0 Å². The van der Waals surface area contributed by atoms with Crippen LogP contribution in [0.5, 0.6) is 0 Å². The first kappa shape index (κ1) is 29.4. The van der Waals surface area contributed by atoms with Crippen molar-refractivity contribution in [2.75, 3.05) is 19.8 Å². The first-order valence-electron chi connectivity index (χ1n) is 15.0. The fourth-order valence-corrected chi connectivity index (χ4v) is 4.94. The molecule has 0 spiro atoms. The van der Waals surface area contributed by atoms with Crippen LogP contribution in [0.15, 0.2) is 12.4 Å². The summed E-state index contributed by atoms with van der Waals surface area (Å²) in [6.45, 7) is 8.23. The second-order valence-electron chi connectivity index (χ2n) is 10.5. The average molecular weight is 449 g/mol. The molecule has 2 nitrogen and oxygen atoms in total. The molecule has 0 unspecified atom stereocenters. The summed E-state index contributed by atoms with van der Waals surface area (Å²) in [4.78, 5) is 5.02. The summed E-state index contributed by atoms with van der Waals surface area (Å²) >= 11 is 0. The number of nitrogens with zero attached hydrogens (tertiary/aromatic N) is 2. The van der Waals surface area contributed by atoms with Gasteiger partial charge in [-0.25, -0.2) is 0 Å². The van der Waals surface area contributed by atoms with Crippen LogP contribution in [-0.2, 0) is 0 Å². The summed E-state index contributed by atoms with van der Waals surface area (Å²) in [5.41, 5.74) is 0. The van der Waals surface area contributed by atoms with Gasteiger partial charge >= 0.3 is 0 Å². The summed E-state index contributed by atoms with van der Waals surface area (Å²) in [7, 11) is 0. The zero-order valence-corrected chi connectivity index (χ0v) is 22.4. The molecule has 2 heteroatoms. The Hall–Kier alpha value is -0.660. The predicted octanol–water partition coefficient (Wildman–Crippen LogP) is 10.0. The molecule has 0 aromatic heterocycles. The number of unbranched alkanes of at least 4 members (excludes halogenated alkanes) is 21. The molecule has 0 fully saturated rings. The van der Waals surface area contributed by atoms with Gasteiger partial charge in [-0.05, 0) is 12.8 Å². The van der Waals surface area contributed by atoms with Crippen molar-refractivity contribution in [2.45, 2.75) is 162 Å². The van der Waals surface area contributed by atoms with E-state index < -0.39 is 0 Å². The molecular weight excluding hydrogens is 388 g/mol. The molecular formula is C30H60N2. The lowest BCUT2D eigenvalue weighted by Gasteiger charge is -2.21. The van der Waals surface area contributed by atoms with Gasteiger partial charge in [-0.2, -0.15) is 0 Å². The summed E-state index contributed by atoms with van der Waals surface area (Å²) in [5, 5.41) is 0. The fourth-order valence-electron chi connectivity index (χ4n) is 4.94. The maximum atomic E-state index is 2.52. The van der Waals surface area contributed by atoms with Gasteiger partial charge in [0.15, 0.2) is 0 Å². The Morgan fingerprint density at radius 2 is 0.625 bits per heavy atom. The van der Waals surface area contributed by atoms with E-state index in [0.29, 0.717) is 0 Å². The van der Waals surface area contributed by atoms with E-state index in [1.54, 1.807) is 0 Å². The predicted molar refractivity (Wildman–Crippen MR) is 145 cm³/mol. The Labute approximate surface area is 203 Å². The fraction of sp³-hybridized carbons (Fsp3) is 0.933. The maximum absolute atomic E-state index is 2.52. The van der Waals surface area contributed by atoms with Crippen LogP contribution in [0, 0.1) is 0 Å². The van der Waals surface area contributed by atoms with Crippen molar-refractivity contribution in [1.82, 2.24) is 9.80 Å². The second kappa shape index (κ2) is 23.5. The van der Waals surface area contributed by atoms with Crippen LogP contribution in [0.1, 0.15) is 162 Å². The van der Waals surface area contributed by atoms with Crippen LogP contribution in [0.25, 0.3) is 0 Å². The molecule has 0 aliphatic carbocycles. The van der Waals surface area contributed by atoms with Crippen molar-refractivity contribution in [3.63, 3.8) is 0 Å². The lowest BCUT2D eigenvalue weighted by molar-refractivity contribution is 0.257. The van der Waals surface area contributed by atoms with Crippen LogP contribution in [-0.4, -0.2) is 29.6 Å². The van der Waals surface area contributed by atoms with E-state index in [2.05, 4.69) is 36.0 Å². The topological polar surface area (TPSA) is 6.48 Å². The summed E-state index contributed by atoms with van der Waals surface area (Å²) in [5.74, 6) is 0. The van der Waals surface area contributed by atoms with E-state index in [1.807, 2.05) is 0 Å². The second-order valence-corrected chi connectivity index (χ2v) is 10.5. The summed E-state index contributed by atoms with van der Waals surface area (Å²) in [6.07, 6.45) is 37.7. The summed E-state index contributed by atoms with van der Waals surface area (Å²) < 4.78 is 0. The molecule has 1 aliphatic heterocycles. The molecule has 0 bridgehead atoms. The number of rotatable bonds is 25. The Balaban J connectivity index is 1.74. The number of hydrogen-bond donors (Lipinski definition) is 0. The highest BCUT2D eigenvalue weighted by Crippen LogP contribution is 2.15. The molecule has 0 N–H and O–H groups in total. The monoisotopic (exact) mass is 448 g/mol. The van der Waals surface area contributed by atoms with Crippen molar-refractivity contribution in [3.05, 3.63) is 12.4 Å². The average Bonchev–Trinajstić information content (AvgIpc) is 3.26. The van der Waals surface area contributed by atoms with Crippen LogP contribution >= 0.6 is 0 Å². The highest BCUT2D eigenvalue weighted by atomic mass is 15.3. The Kier molecular flexibility index (Phi) is 21.6. The zero-order chi connectivity index (χ0) is 23.0. The Morgan fingerprint density at radius 1 is 0.375 bits per heavy atom. The molecule has 0 aromatic rings. The van der Waals surface area contributed by atoms with Crippen molar-refractivity contribution in [3.8, 4) is 0 Å². The standard InChI is InChI=1S/C30H60N2/c1-3-5-7-9-11-12-13-14-15-16-17-18-19-20-21-23-25-27-32-29-28-31(30-32)26-24-22-10-8-6-4-2/h28-29H,3-27,30H2,1-2H3. The van der Waals surface area contributed by atoms with Crippen LogP contribution < -0.4 is 0 Å². The van der Waals surface area contributed by atoms with Crippen LogP contribution in [0.4, 0.5) is 0 Å². The molecule has 32 heavy (non-hydrogen) atoms. The lowest BCUT2D eigenvalue weighted by atomic mass is 10.0. The lowest BCUT2D eigenvalue weighted by Crippen LogP contribution is -2.26. The minimum Gasteiger partial charge on any atom is -0.359 e. The van der Waals surface area contributed by atoms with E-state index in [1.165, 1.54) is 161 Å². The minimum absolute atomic E-state index is 1.13. The number of hydrogen-bond acceptors (Lipinski definition) is 2. The van der Waals surface area contributed by atoms with Crippen molar-refractivity contribution < 1.29 is 0 Å². The zero-order valence-electron chi connectivity index (χ0n) is 22.4. The van der Waals surface area contributed by atoms with Gasteiger partial charge in [0.05, 0.1) is 6.67 Å². The highest BCUT2D eigenvalue weighted by Gasteiger charge is 2.10. The van der Waals surface area contributed by atoms with Gasteiger partial charge in [0.25, 0.3) is 0 Å². The van der Waals surface area contributed by atoms with Gasteiger partial charge in [-0.15, -0.1) is 0 Å². The molecule has 1 aliphatic rings. The minimum atomic E-state index is 1.13. The van der Waals surface area contributed by atoms with Crippen molar-refractivity contribution >= 4 is 0 Å². The quantitative estimate of drug-likeness (QED) is 0.128. The van der Waals surface area contributed by atoms with Crippen molar-refractivity contribution in [2.24, 2.45) is 0 Å². The molecule has 0 radical (unpaired) electrons. The molecule has 190 valence electrons. The van der Waals surface area contributed by atoms with Crippen molar-refractivity contribution in [1.29, 1.82) is 0 Å². The first-order chi connectivity index (χ1) is 15.9. The van der Waals surface area contributed by atoms with Gasteiger partial charge in [0.2, 0.25) is 0 Å². The van der Waals surface area contributed by atoms with E-state index in [9.17, 15) is 0 Å². The molecule has 0 atom stereocenters. The van der Waals surface area contributed by atoms with E-state index >= 15 is 0 Å². The molecule has 1 rings (SSSR count). The molecule has 1 heterocycles. The van der Waals surface area contributed by atoms with E-state index in [0.717, 1.165) is 6.67 Å². The normalized spacial score (nSPS) is 13.6. The Morgan fingerprint density at radius 3 is 0.906 bits per heavy atom. The van der Waals surface area contributed by atoms with Crippen LogP contribution in [0.3, 0.4) is 0 Å². The van der Waals surface area contributed by atoms with Gasteiger partial charge in [-0.3, -0.25) is 0 Å². The third-order valence-corrected chi connectivity index (χ3v) is 7.20. The Bertz CT molecular complexity index is 392. The molecule has 0 amide bonds. The smallest absolute Gasteiger partial charge is 0.0893 e. The van der Waals surface area contributed by atoms with Gasteiger partial charge in [0.1, 0.15) is 0 Å². The third-order valence-electron chi connectivity index (χ3n) is 7.20. The maximum Gasteiger partial charge on any atom is 0.0893 e. The summed E-state index contributed by atoms with van der Waals surface area (Å²) in [6, 6.07) is 0. The van der Waals surface area contributed by atoms with Gasteiger partial charge < -0.3 is 9.80 Å². The van der Waals surface area contributed by atoms with Gasteiger partial charge in [-0.1, -0.05) is 149 Å². The molecule has 0 saturated heterocycles.